The number of hydrogen-bond acceptors (Lipinski definition) is 3. The van der Waals surface area contributed by atoms with Gasteiger partial charge in [-0.25, -0.2) is 0 Å². The molecule has 0 heterocycles. The van der Waals surface area contributed by atoms with Crippen LogP contribution >= 0.6 is 11.8 Å². The largest absolute Gasteiger partial charge is 0.299 e. The van der Waals surface area contributed by atoms with Crippen molar-refractivity contribution in [1.82, 2.24) is 0 Å². The van der Waals surface area contributed by atoms with Crippen molar-refractivity contribution in [3.8, 4) is 0 Å². The summed E-state index contributed by atoms with van der Waals surface area (Å²) in [5.74, 6) is 1.22. The lowest BCUT2D eigenvalue weighted by molar-refractivity contribution is -0.123. The molecule has 0 amide bonds. The summed E-state index contributed by atoms with van der Waals surface area (Å²) in [6.45, 7) is 7.21. The molecule has 70 valence electrons. The van der Waals surface area contributed by atoms with Gasteiger partial charge in [-0.3, -0.25) is 9.59 Å². The molecule has 12 heavy (non-hydrogen) atoms. The van der Waals surface area contributed by atoms with E-state index in [1.165, 1.54) is 18.7 Å². The second-order valence-corrected chi connectivity index (χ2v) is 4.85. The molecule has 0 aliphatic heterocycles. The minimum atomic E-state index is -0.274. The van der Waals surface area contributed by atoms with Crippen LogP contribution in [0, 0.1) is 5.41 Å². The fourth-order valence-corrected chi connectivity index (χ4v) is 1.51. The number of Topliss-reactive ketones (excluding diaryl/α,β-unsaturated/α-hetero) is 2. The van der Waals surface area contributed by atoms with Crippen molar-refractivity contribution < 1.29 is 9.59 Å². The van der Waals surface area contributed by atoms with Gasteiger partial charge in [0.2, 0.25) is 0 Å². The predicted octanol–water partition coefficient (Wildman–Crippen LogP) is 1.92. The second-order valence-electron chi connectivity index (χ2n) is 3.87. The lowest BCUT2D eigenvalue weighted by Gasteiger charge is -2.15. The highest BCUT2D eigenvalue weighted by Crippen LogP contribution is 2.17. The van der Waals surface area contributed by atoms with E-state index >= 15 is 0 Å². The Balaban J connectivity index is 3.66. The monoisotopic (exact) mass is 188 g/mol. The van der Waals surface area contributed by atoms with E-state index in [2.05, 4.69) is 0 Å². The molecule has 0 aromatic rings. The average molecular weight is 188 g/mol. The van der Waals surface area contributed by atoms with Gasteiger partial charge in [-0.2, -0.15) is 0 Å². The fourth-order valence-electron chi connectivity index (χ4n) is 0.504. The number of ketones is 2. The van der Waals surface area contributed by atoms with Crippen LogP contribution in [0.2, 0.25) is 0 Å². The van der Waals surface area contributed by atoms with E-state index in [0.29, 0.717) is 11.5 Å². The number of hydrogen-bond donors (Lipinski definition) is 0. The lowest BCUT2D eigenvalue weighted by Crippen LogP contribution is -2.22. The highest BCUT2D eigenvalue weighted by Gasteiger charge is 2.20. The standard InChI is InChI=1S/C9H16O2S/c1-7(10)5-12-6-8(11)9(2,3)4/h5-6H2,1-4H3. The Labute approximate surface area is 78.1 Å². The van der Waals surface area contributed by atoms with Gasteiger partial charge < -0.3 is 0 Å². The first-order valence-corrected chi connectivity index (χ1v) is 5.10. The highest BCUT2D eigenvalue weighted by atomic mass is 32.2. The molecule has 0 fully saturated rings. The van der Waals surface area contributed by atoms with Crippen LogP contribution in [-0.4, -0.2) is 23.1 Å². The smallest absolute Gasteiger partial charge is 0.148 e. The first kappa shape index (κ1) is 11.7. The molecule has 3 heteroatoms. The first-order chi connectivity index (χ1) is 5.34. The SMILES string of the molecule is CC(=O)CSCC(=O)C(C)(C)C. The van der Waals surface area contributed by atoms with Gasteiger partial charge in [0, 0.05) is 5.41 Å². The zero-order valence-corrected chi connectivity index (χ0v) is 8.96. The molecule has 0 saturated carbocycles. The Morgan fingerprint density at radius 3 is 2.00 bits per heavy atom. The summed E-state index contributed by atoms with van der Waals surface area (Å²) >= 11 is 1.40. The summed E-state index contributed by atoms with van der Waals surface area (Å²) < 4.78 is 0. The summed E-state index contributed by atoms with van der Waals surface area (Å²) in [4.78, 5) is 21.9. The predicted molar refractivity (Wildman–Crippen MR) is 52.5 cm³/mol. The van der Waals surface area contributed by atoms with Crippen molar-refractivity contribution in [2.45, 2.75) is 27.7 Å². The molecule has 0 unspecified atom stereocenters. The van der Waals surface area contributed by atoms with E-state index in [4.69, 9.17) is 0 Å². The molecule has 0 saturated heterocycles. The number of carbonyl (C=O) groups is 2. The Kier molecular flexibility index (Phi) is 4.53. The number of thioether (sulfide) groups is 1. The topological polar surface area (TPSA) is 34.1 Å². The molecule has 0 bridgehead atoms. The molecule has 0 rings (SSSR count). The lowest BCUT2D eigenvalue weighted by atomic mass is 9.92. The summed E-state index contributed by atoms with van der Waals surface area (Å²) in [5, 5.41) is 0. The zero-order chi connectivity index (χ0) is 9.78. The van der Waals surface area contributed by atoms with Gasteiger partial charge in [-0.15, -0.1) is 11.8 Å². The van der Waals surface area contributed by atoms with Crippen molar-refractivity contribution >= 4 is 23.3 Å². The zero-order valence-electron chi connectivity index (χ0n) is 8.14. The van der Waals surface area contributed by atoms with E-state index in [0.717, 1.165) is 0 Å². The second kappa shape index (κ2) is 4.65. The highest BCUT2D eigenvalue weighted by molar-refractivity contribution is 8.00. The van der Waals surface area contributed by atoms with Crippen molar-refractivity contribution in [3.63, 3.8) is 0 Å². The van der Waals surface area contributed by atoms with Gasteiger partial charge in [0.05, 0.1) is 11.5 Å². The van der Waals surface area contributed by atoms with Crippen molar-refractivity contribution in [2.24, 2.45) is 5.41 Å². The Morgan fingerprint density at radius 2 is 1.67 bits per heavy atom. The van der Waals surface area contributed by atoms with E-state index in [-0.39, 0.29) is 17.0 Å². The first-order valence-electron chi connectivity index (χ1n) is 3.94. The summed E-state index contributed by atoms with van der Waals surface area (Å²) in [7, 11) is 0. The molecule has 0 aromatic carbocycles. The van der Waals surface area contributed by atoms with E-state index in [9.17, 15) is 9.59 Å². The Bertz CT molecular complexity index is 179. The van der Waals surface area contributed by atoms with Crippen LogP contribution in [0.1, 0.15) is 27.7 Å². The molecule has 0 N–H and O–H groups in total. The average Bonchev–Trinajstić information content (AvgIpc) is 1.84. The van der Waals surface area contributed by atoms with Crippen LogP contribution < -0.4 is 0 Å². The Morgan fingerprint density at radius 1 is 1.17 bits per heavy atom. The van der Waals surface area contributed by atoms with Crippen LogP contribution in [0.5, 0.6) is 0 Å². The number of carbonyl (C=O) groups excluding carboxylic acids is 2. The third kappa shape index (κ3) is 5.35. The fraction of sp³-hybridized carbons (Fsp3) is 0.778. The maximum atomic E-state index is 11.3. The molecule has 2 nitrogen and oxygen atoms in total. The molecular weight excluding hydrogens is 172 g/mol. The summed E-state index contributed by atoms with van der Waals surface area (Å²) in [5.41, 5.74) is -0.274. The summed E-state index contributed by atoms with van der Waals surface area (Å²) in [6.07, 6.45) is 0. The van der Waals surface area contributed by atoms with E-state index < -0.39 is 0 Å². The normalized spacial score (nSPS) is 11.3. The van der Waals surface area contributed by atoms with E-state index in [1.54, 1.807) is 0 Å². The third-order valence-electron chi connectivity index (χ3n) is 1.37. The maximum Gasteiger partial charge on any atom is 0.148 e. The molecule has 0 aliphatic carbocycles. The van der Waals surface area contributed by atoms with Crippen LogP contribution in [-0.2, 0) is 9.59 Å². The third-order valence-corrected chi connectivity index (χ3v) is 2.45. The number of rotatable bonds is 4. The van der Waals surface area contributed by atoms with Crippen LogP contribution in [0.3, 0.4) is 0 Å². The Hall–Kier alpha value is -0.310. The van der Waals surface area contributed by atoms with Crippen LogP contribution in [0.4, 0.5) is 0 Å². The van der Waals surface area contributed by atoms with Crippen molar-refractivity contribution in [3.05, 3.63) is 0 Å². The van der Waals surface area contributed by atoms with Crippen LogP contribution in [0.15, 0.2) is 0 Å². The molecule has 0 aromatic heterocycles. The molecule has 0 spiro atoms. The van der Waals surface area contributed by atoms with Gasteiger partial charge >= 0.3 is 0 Å². The molecule has 0 atom stereocenters. The van der Waals surface area contributed by atoms with Gasteiger partial charge in [-0.1, -0.05) is 20.8 Å². The van der Waals surface area contributed by atoms with Gasteiger partial charge in [0.25, 0.3) is 0 Å². The maximum absolute atomic E-state index is 11.3. The molecular formula is C9H16O2S. The minimum Gasteiger partial charge on any atom is -0.299 e. The molecule has 0 radical (unpaired) electrons. The minimum absolute atomic E-state index is 0.127. The quantitative estimate of drug-likeness (QED) is 0.676. The summed E-state index contributed by atoms with van der Waals surface area (Å²) in [6, 6.07) is 0. The van der Waals surface area contributed by atoms with Crippen molar-refractivity contribution in [2.75, 3.05) is 11.5 Å². The van der Waals surface area contributed by atoms with Gasteiger partial charge in [0.15, 0.2) is 0 Å². The van der Waals surface area contributed by atoms with Crippen molar-refractivity contribution in [1.29, 1.82) is 0 Å². The van der Waals surface area contributed by atoms with Crippen LogP contribution in [0.25, 0.3) is 0 Å². The van der Waals surface area contributed by atoms with E-state index in [1.807, 2.05) is 20.8 Å². The van der Waals surface area contributed by atoms with Gasteiger partial charge in [-0.05, 0) is 6.92 Å². The molecule has 0 aliphatic rings. The van der Waals surface area contributed by atoms with Gasteiger partial charge in [0.1, 0.15) is 11.6 Å².